The zero-order chi connectivity index (χ0) is 25.9. The normalized spacial score (nSPS) is 26.7. The lowest BCUT2D eigenvalue weighted by molar-refractivity contribution is -0.142. The molecule has 0 bridgehead atoms. The zero-order valence-corrected chi connectivity index (χ0v) is 23.6. The number of esters is 1. The van der Waals surface area contributed by atoms with Gasteiger partial charge in [0, 0.05) is 20.3 Å². The Hall–Kier alpha value is -0.860. The van der Waals surface area contributed by atoms with Crippen molar-refractivity contribution in [1.29, 1.82) is 0 Å². The van der Waals surface area contributed by atoms with Crippen molar-refractivity contribution >= 4 is 52.1 Å². The fourth-order valence-corrected chi connectivity index (χ4v) is 7.25. The first-order valence-electron chi connectivity index (χ1n) is 12.4. The van der Waals surface area contributed by atoms with Crippen LogP contribution in [0.1, 0.15) is 67.1 Å². The van der Waals surface area contributed by atoms with Crippen LogP contribution in [0.3, 0.4) is 0 Å². The van der Waals surface area contributed by atoms with Gasteiger partial charge in [0.1, 0.15) is 17.6 Å². The van der Waals surface area contributed by atoms with E-state index < -0.39 is 11.9 Å². The summed E-state index contributed by atoms with van der Waals surface area (Å²) in [5.41, 5.74) is 1.07. The number of alkyl halides is 1. The molecular formula is C28H37Cl3O5S. The van der Waals surface area contributed by atoms with E-state index >= 15 is 0 Å². The molecule has 1 aliphatic carbocycles. The van der Waals surface area contributed by atoms with Crippen molar-refractivity contribution in [3.8, 4) is 0 Å². The molecule has 37 heavy (non-hydrogen) atoms. The van der Waals surface area contributed by atoms with Crippen molar-refractivity contribution in [1.82, 2.24) is 0 Å². The fourth-order valence-electron chi connectivity index (χ4n) is 5.24. The summed E-state index contributed by atoms with van der Waals surface area (Å²) >= 11 is 20.4. The summed E-state index contributed by atoms with van der Waals surface area (Å²) in [6, 6.07) is 9.39. The molecule has 1 saturated carbocycles. The standard InChI is InChI=1S/C27H33Cl3O5S.CH4/c1-27(2)34-15-19(35-27)14-33-26(32)25-9-7-20(36-25)4-3-5-21-22(24(31)13-23(21)30)8-6-16-10-17(28)12-18(29)11-16;/h7,9-12,19,21-24,31H,3-6,8,13-15H2,1-2H3;1H4/t19-,21+,22+,23+,24+;/m0./s1. The summed E-state index contributed by atoms with van der Waals surface area (Å²) in [5.74, 6) is -0.572. The minimum absolute atomic E-state index is 0. The molecule has 1 N–H and O–H groups in total. The van der Waals surface area contributed by atoms with Gasteiger partial charge >= 0.3 is 5.97 Å². The highest BCUT2D eigenvalue weighted by atomic mass is 35.5. The van der Waals surface area contributed by atoms with Gasteiger partial charge in [-0.2, -0.15) is 0 Å². The number of hydrogen-bond donors (Lipinski definition) is 1. The first kappa shape index (κ1) is 30.7. The van der Waals surface area contributed by atoms with Crippen LogP contribution in [0.15, 0.2) is 30.3 Å². The van der Waals surface area contributed by atoms with Gasteiger partial charge < -0.3 is 19.3 Å². The molecule has 1 aromatic heterocycles. The molecule has 0 spiro atoms. The SMILES string of the molecule is C.CC1(C)OC[C@H](COC(=O)c2ccc(CCC[C@@H]3[C@@H](CCc4cc(Cl)cc(Cl)c4)[C@H](O)C[C@H]3Cl)s2)O1. The Kier molecular flexibility index (Phi) is 11.2. The van der Waals surface area contributed by atoms with Gasteiger partial charge in [0.15, 0.2) is 5.79 Å². The van der Waals surface area contributed by atoms with Gasteiger partial charge in [-0.1, -0.05) is 30.6 Å². The fraction of sp³-hybridized carbons (Fsp3) is 0.607. The highest BCUT2D eigenvalue weighted by Crippen LogP contribution is 2.42. The number of benzene rings is 1. The maximum Gasteiger partial charge on any atom is 0.348 e. The summed E-state index contributed by atoms with van der Waals surface area (Å²) in [7, 11) is 0. The van der Waals surface area contributed by atoms with Crippen molar-refractivity contribution in [2.45, 2.75) is 83.2 Å². The molecule has 0 amide bonds. The molecule has 1 aliphatic heterocycles. The van der Waals surface area contributed by atoms with E-state index in [0.29, 0.717) is 28.0 Å². The highest BCUT2D eigenvalue weighted by Gasteiger charge is 2.40. The Labute approximate surface area is 239 Å². The minimum Gasteiger partial charge on any atom is -0.459 e. The zero-order valence-electron chi connectivity index (χ0n) is 20.6. The Morgan fingerprint density at radius 2 is 1.86 bits per heavy atom. The summed E-state index contributed by atoms with van der Waals surface area (Å²) < 4.78 is 16.6. The van der Waals surface area contributed by atoms with Crippen molar-refractivity contribution in [3.05, 3.63) is 55.7 Å². The van der Waals surface area contributed by atoms with E-state index in [2.05, 4.69) is 0 Å². The summed E-state index contributed by atoms with van der Waals surface area (Å²) in [4.78, 5) is 14.2. The van der Waals surface area contributed by atoms with Gasteiger partial charge in [0.2, 0.25) is 0 Å². The van der Waals surface area contributed by atoms with Crippen molar-refractivity contribution in [2.24, 2.45) is 11.8 Å². The van der Waals surface area contributed by atoms with Crippen LogP contribution in [0.5, 0.6) is 0 Å². The number of aryl methyl sites for hydroxylation is 2. The summed E-state index contributed by atoms with van der Waals surface area (Å²) in [6.07, 6.45) is 4.36. The van der Waals surface area contributed by atoms with Crippen molar-refractivity contribution in [2.75, 3.05) is 13.2 Å². The van der Waals surface area contributed by atoms with Gasteiger partial charge in [-0.25, -0.2) is 4.79 Å². The van der Waals surface area contributed by atoms with Crippen LogP contribution in [-0.2, 0) is 27.1 Å². The molecule has 2 heterocycles. The maximum atomic E-state index is 12.4. The van der Waals surface area contributed by atoms with Gasteiger partial charge in [0.25, 0.3) is 0 Å². The first-order chi connectivity index (χ1) is 17.1. The van der Waals surface area contributed by atoms with E-state index in [0.717, 1.165) is 42.5 Å². The maximum absolute atomic E-state index is 12.4. The molecule has 2 fully saturated rings. The van der Waals surface area contributed by atoms with Crippen molar-refractivity contribution < 1.29 is 24.1 Å². The third-order valence-corrected chi connectivity index (χ3v) is 9.02. The average Bonchev–Trinajstić information content (AvgIpc) is 3.48. The number of halogens is 3. The smallest absolute Gasteiger partial charge is 0.348 e. The molecule has 1 saturated heterocycles. The van der Waals surface area contributed by atoms with Gasteiger partial charge in [-0.3, -0.25) is 0 Å². The summed E-state index contributed by atoms with van der Waals surface area (Å²) in [5, 5.41) is 11.9. The van der Waals surface area contributed by atoms with E-state index in [9.17, 15) is 9.90 Å². The third kappa shape index (κ3) is 8.56. The molecule has 0 radical (unpaired) electrons. The second-order valence-electron chi connectivity index (χ2n) is 10.2. The molecule has 5 atom stereocenters. The molecule has 206 valence electrons. The molecule has 2 aromatic rings. The van der Waals surface area contributed by atoms with Gasteiger partial charge in [-0.15, -0.1) is 22.9 Å². The monoisotopic (exact) mass is 590 g/mol. The number of ether oxygens (including phenoxy) is 3. The van der Waals surface area contributed by atoms with E-state index in [1.54, 1.807) is 6.07 Å². The number of aliphatic hydroxyl groups is 1. The van der Waals surface area contributed by atoms with E-state index in [1.807, 2.05) is 38.1 Å². The van der Waals surface area contributed by atoms with E-state index in [4.69, 9.17) is 49.0 Å². The second-order valence-corrected chi connectivity index (χ2v) is 12.8. The Bertz CT molecular complexity index is 1020. The molecule has 4 rings (SSSR count). The predicted molar refractivity (Wildman–Crippen MR) is 151 cm³/mol. The molecule has 5 nitrogen and oxygen atoms in total. The Morgan fingerprint density at radius 1 is 1.14 bits per heavy atom. The Balaban J connectivity index is 0.00000380. The van der Waals surface area contributed by atoms with Crippen LogP contribution in [0, 0.1) is 11.8 Å². The number of aliphatic hydroxyl groups excluding tert-OH is 1. The minimum atomic E-state index is -0.632. The lowest BCUT2D eigenvalue weighted by Gasteiger charge is -2.23. The van der Waals surface area contributed by atoms with Crippen LogP contribution >= 0.6 is 46.1 Å². The molecule has 1 aromatic carbocycles. The van der Waals surface area contributed by atoms with Gasteiger partial charge in [0.05, 0.1) is 12.7 Å². The van der Waals surface area contributed by atoms with Crippen LogP contribution < -0.4 is 0 Å². The van der Waals surface area contributed by atoms with E-state index in [1.165, 1.54) is 11.3 Å². The molecule has 0 unspecified atom stereocenters. The number of thiophene rings is 1. The first-order valence-corrected chi connectivity index (χ1v) is 14.5. The van der Waals surface area contributed by atoms with Gasteiger partial charge in [-0.05, 0) is 100 Å². The molecule has 2 aliphatic rings. The second kappa shape index (κ2) is 13.5. The lowest BCUT2D eigenvalue weighted by atomic mass is 9.85. The largest absolute Gasteiger partial charge is 0.459 e. The highest BCUT2D eigenvalue weighted by molar-refractivity contribution is 7.13. The predicted octanol–water partition coefficient (Wildman–Crippen LogP) is 7.56. The average molecular weight is 592 g/mol. The quantitative estimate of drug-likeness (QED) is 0.228. The lowest BCUT2D eigenvalue weighted by Crippen LogP contribution is -2.25. The number of carbonyl (C=O) groups excluding carboxylic acids is 1. The third-order valence-electron chi connectivity index (χ3n) is 6.96. The van der Waals surface area contributed by atoms with Crippen molar-refractivity contribution in [3.63, 3.8) is 0 Å². The van der Waals surface area contributed by atoms with E-state index in [-0.39, 0.29) is 43.3 Å². The number of rotatable bonds is 10. The van der Waals surface area contributed by atoms with Crippen LogP contribution in [0.4, 0.5) is 0 Å². The summed E-state index contributed by atoms with van der Waals surface area (Å²) in [6.45, 7) is 4.29. The molecule has 9 heteroatoms. The van der Waals surface area contributed by atoms with Crippen LogP contribution in [0.25, 0.3) is 0 Å². The topological polar surface area (TPSA) is 65.0 Å². The molecular weight excluding hydrogens is 555 g/mol. The van der Waals surface area contributed by atoms with Crippen LogP contribution in [-0.4, -0.2) is 47.7 Å². The number of carbonyl (C=O) groups is 1. The Morgan fingerprint density at radius 3 is 2.54 bits per heavy atom. The number of hydrogen-bond acceptors (Lipinski definition) is 6. The van der Waals surface area contributed by atoms with Crippen LogP contribution in [0.2, 0.25) is 10.0 Å².